The lowest BCUT2D eigenvalue weighted by molar-refractivity contribution is -0.305. The highest BCUT2D eigenvalue weighted by Gasteiger charge is 1.91. The first kappa shape index (κ1) is 17.0. The number of aliphatic carboxylic acids is 1. The average molecular weight is 272 g/mol. The van der Waals surface area contributed by atoms with Crippen LogP contribution >= 0.6 is 24.4 Å². The molecule has 6 heteroatoms. The summed E-state index contributed by atoms with van der Waals surface area (Å²) >= 11 is 10.3. The summed E-state index contributed by atoms with van der Waals surface area (Å²) in [6, 6.07) is 0. The van der Waals surface area contributed by atoms with Crippen molar-refractivity contribution in [1.29, 1.82) is 0 Å². The van der Waals surface area contributed by atoms with Gasteiger partial charge in [-0.05, 0) is 23.7 Å². The van der Waals surface area contributed by atoms with E-state index in [1.807, 2.05) is 11.8 Å². The van der Waals surface area contributed by atoms with Crippen molar-refractivity contribution in [3.05, 3.63) is 0 Å². The highest BCUT2D eigenvalue weighted by atomic mass is 32.8. The molecule has 0 rings (SSSR count). The second-order valence-corrected chi connectivity index (χ2v) is 5.41. The Morgan fingerprint density at radius 3 is 2.57 bits per heavy atom. The first-order valence-corrected chi connectivity index (χ1v) is 8.02. The number of rotatable bonds is 7. The number of thioether (sulfide) groups is 1. The van der Waals surface area contributed by atoms with Crippen molar-refractivity contribution in [2.75, 3.05) is 23.0 Å². The molecule has 0 unspecified atom stereocenters. The van der Waals surface area contributed by atoms with Crippen LogP contribution in [0.2, 0.25) is 0 Å². The molecule has 0 bridgehead atoms. The van der Waals surface area contributed by atoms with Gasteiger partial charge in [-0.3, -0.25) is 0 Å². The van der Waals surface area contributed by atoms with Crippen LogP contribution in [0.25, 0.3) is 0 Å². The standard InChI is InChI=1S/C5H11S3.C3H6O2S/c1-2-7-4-3-5-8-6;4-3(5)1-2-6/h2-5H2,1H3;6H,1-2H2,(H,4,5)/q+1;/p-1. The van der Waals surface area contributed by atoms with Crippen LogP contribution in [0.1, 0.15) is 19.8 Å². The van der Waals surface area contributed by atoms with E-state index in [9.17, 15) is 9.90 Å². The Balaban J connectivity index is 0. The van der Waals surface area contributed by atoms with Crippen LogP contribution in [-0.2, 0) is 26.3 Å². The Kier molecular flexibility index (Phi) is 19.5. The van der Waals surface area contributed by atoms with Gasteiger partial charge in [0.15, 0.2) is 5.75 Å². The fourth-order valence-corrected chi connectivity index (χ4v) is 2.07. The molecule has 0 aromatic rings. The molecule has 0 amide bonds. The molecular formula is C8H16O2S4. The van der Waals surface area contributed by atoms with Gasteiger partial charge >= 0.3 is 0 Å². The Hall–Kier alpha value is 0.610. The molecule has 0 saturated heterocycles. The Morgan fingerprint density at radius 2 is 2.29 bits per heavy atom. The molecule has 0 fully saturated rings. The molecule has 84 valence electrons. The smallest absolute Gasteiger partial charge is 0.271 e. The number of carboxylic acids is 1. The van der Waals surface area contributed by atoms with Crippen molar-refractivity contribution < 1.29 is 9.90 Å². The maximum atomic E-state index is 9.44. The van der Waals surface area contributed by atoms with Gasteiger partial charge in [-0.1, -0.05) is 6.92 Å². The zero-order valence-corrected chi connectivity index (χ0v) is 11.6. The third-order valence-corrected chi connectivity index (χ3v) is 3.20. The Bertz CT molecular complexity index is 141. The van der Waals surface area contributed by atoms with E-state index in [2.05, 4.69) is 19.6 Å². The van der Waals surface area contributed by atoms with E-state index in [0.717, 1.165) is 5.75 Å². The lowest BCUT2D eigenvalue weighted by atomic mass is 10.5. The number of carbonyl (C=O) groups excluding carboxylic acids is 1. The van der Waals surface area contributed by atoms with Gasteiger partial charge in [0.1, 0.15) is 0 Å². The van der Waals surface area contributed by atoms with Crippen molar-refractivity contribution in [3.63, 3.8) is 0 Å². The topological polar surface area (TPSA) is 40.1 Å². The van der Waals surface area contributed by atoms with Crippen LogP contribution < -0.4 is 5.11 Å². The van der Waals surface area contributed by atoms with E-state index >= 15 is 0 Å². The zero-order chi connectivity index (χ0) is 11.2. The number of thiol groups is 1. The quantitative estimate of drug-likeness (QED) is 0.421. The molecule has 0 aromatic carbocycles. The summed E-state index contributed by atoms with van der Waals surface area (Å²) in [4.78, 5) is 9.44. The predicted molar refractivity (Wildman–Crippen MR) is 70.7 cm³/mol. The molecule has 0 aliphatic heterocycles. The maximum absolute atomic E-state index is 9.44. The van der Waals surface area contributed by atoms with Crippen molar-refractivity contribution in [1.82, 2.24) is 0 Å². The molecule has 0 N–H and O–H groups in total. The molecule has 2 nitrogen and oxygen atoms in total. The van der Waals surface area contributed by atoms with E-state index in [1.165, 1.54) is 28.2 Å². The van der Waals surface area contributed by atoms with E-state index in [-0.39, 0.29) is 6.42 Å². The van der Waals surface area contributed by atoms with E-state index in [0.29, 0.717) is 5.75 Å². The van der Waals surface area contributed by atoms with E-state index in [4.69, 9.17) is 11.2 Å². The van der Waals surface area contributed by atoms with Crippen LogP contribution in [0.15, 0.2) is 0 Å². The summed E-state index contributed by atoms with van der Waals surface area (Å²) in [6.45, 7) is 2.19. The number of carbonyl (C=O) groups is 1. The molecule has 0 aliphatic carbocycles. The number of carboxylic acid groups (broad SMARTS) is 1. The minimum absolute atomic E-state index is 0.0448. The molecule has 0 radical (unpaired) electrons. The fourth-order valence-electron chi connectivity index (χ4n) is 0.456. The summed E-state index contributed by atoms with van der Waals surface area (Å²) in [6.07, 6.45) is 1.32. The van der Waals surface area contributed by atoms with Gasteiger partial charge < -0.3 is 9.90 Å². The number of hydrogen-bond acceptors (Lipinski definition) is 5. The summed E-state index contributed by atoms with van der Waals surface area (Å²) in [7, 11) is 1.52. The van der Waals surface area contributed by atoms with Crippen molar-refractivity contribution >= 4 is 51.9 Å². The van der Waals surface area contributed by atoms with Gasteiger partial charge in [-0.25, -0.2) is 0 Å². The lowest BCUT2D eigenvalue weighted by Crippen LogP contribution is -2.21. The van der Waals surface area contributed by atoms with Crippen molar-refractivity contribution in [2.45, 2.75) is 19.8 Å². The normalized spacial score (nSPS) is 8.71. The zero-order valence-electron chi connectivity index (χ0n) is 8.23. The number of hydrogen-bond donors (Lipinski definition) is 1. The van der Waals surface area contributed by atoms with Crippen LogP contribution in [0, 0.1) is 0 Å². The molecule has 0 atom stereocenters. The van der Waals surface area contributed by atoms with Gasteiger partial charge in [0, 0.05) is 12.4 Å². The van der Waals surface area contributed by atoms with Crippen molar-refractivity contribution in [2.24, 2.45) is 0 Å². The second kappa shape index (κ2) is 16.1. The molecule has 0 saturated carbocycles. The summed E-state index contributed by atoms with van der Waals surface area (Å²) in [5.41, 5.74) is 0. The first-order valence-electron chi connectivity index (χ1n) is 4.32. The minimum atomic E-state index is -1.04. The second-order valence-electron chi connectivity index (χ2n) is 2.22. The highest BCUT2D eigenvalue weighted by molar-refractivity contribution is 8.17. The first-order chi connectivity index (χ1) is 6.68. The molecule has 0 spiro atoms. The lowest BCUT2D eigenvalue weighted by Gasteiger charge is -1.91. The molecular weight excluding hydrogens is 256 g/mol. The van der Waals surface area contributed by atoms with Crippen LogP contribution in [0.4, 0.5) is 0 Å². The van der Waals surface area contributed by atoms with Crippen LogP contribution in [0.5, 0.6) is 0 Å². The summed E-state index contributed by atoms with van der Waals surface area (Å²) in [5, 5.41) is 9.44. The monoisotopic (exact) mass is 272 g/mol. The summed E-state index contributed by atoms with van der Waals surface area (Å²) in [5.74, 6) is 2.98. The largest absolute Gasteiger partial charge is 0.550 e. The summed E-state index contributed by atoms with van der Waals surface area (Å²) < 4.78 is 0. The molecule has 0 aliphatic rings. The van der Waals surface area contributed by atoms with Crippen LogP contribution in [-0.4, -0.2) is 29.0 Å². The van der Waals surface area contributed by atoms with Crippen LogP contribution in [0.3, 0.4) is 0 Å². The SMILES string of the molecule is CCSCCC[S+]=S.O=C([O-])CCS. The van der Waals surface area contributed by atoms with Crippen molar-refractivity contribution in [3.8, 4) is 0 Å². The Labute approximate surface area is 104 Å². The maximum Gasteiger partial charge on any atom is 0.271 e. The van der Waals surface area contributed by atoms with E-state index in [1.54, 1.807) is 0 Å². The molecule has 0 heterocycles. The molecule has 0 aromatic heterocycles. The van der Waals surface area contributed by atoms with Gasteiger partial charge in [0.05, 0.1) is 0 Å². The highest BCUT2D eigenvalue weighted by Crippen LogP contribution is 1.99. The minimum Gasteiger partial charge on any atom is -0.550 e. The average Bonchev–Trinajstić information content (AvgIpc) is 2.13. The van der Waals surface area contributed by atoms with Gasteiger partial charge in [0.25, 0.3) is 21.5 Å². The predicted octanol–water partition coefficient (Wildman–Crippen LogP) is 0.730. The Morgan fingerprint density at radius 1 is 1.64 bits per heavy atom. The van der Waals surface area contributed by atoms with Gasteiger partial charge in [0.2, 0.25) is 0 Å². The van der Waals surface area contributed by atoms with Gasteiger partial charge in [-0.2, -0.15) is 24.4 Å². The third kappa shape index (κ3) is 22.9. The third-order valence-electron chi connectivity index (χ3n) is 1.04. The van der Waals surface area contributed by atoms with Gasteiger partial charge in [-0.15, -0.1) is 0 Å². The van der Waals surface area contributed by atoms with E-state index < -0.39 is 5.97 Å². The fraction of sp³-hybridized carbons (Fsp3) is 0.875. The molecule has 14 heavy (non-hydrogen) atoms.